The Morgan fingerprint density at radius 3 is 2.89 bits per heavy atom. The SMILES string of the molecule is CCCCNc1nc(N)c2[nH]c(=O)n(C(C)c3cccc(C(=O)OC)c3)c2n1. The summed E-state index contributed by atoms with van der Waals surface area (Å²) in [4.78, 5) is 35.9. The quantitative estimate of drug-likeness (QED) is 0.421. The Balaban J connectivity index is 2.05. The van der Waals surface area contributed by atoms with Crippen molar-refractivity contribution in [1.29, 1.82) is 0 Å². The van der Waals surface area contributed by atoms with Crippen LogP contribution < -0.4 is 16.7 Å². The van der Waals surface area contributed by atoms with Gasteiger partial charge in [0.25, 0.3) is 0 Å². The van der Waals surface area contributed by atoms with Gasteiger partial charge < -0.3 is 20.8 Å². The van der Waals surface area contributed by atoms with Crippen molar-refractivity contribution >= 4 is 28.9 Å². The number of carbonyl (C=O) groups is 1. The molecule has 0 saturated carbocycles. The first-order valence-corrected chi connectivity index (χ1v) is 9.16. The number of benzene rings is 1. The summed E-state index contributed by atoms with van der Waals surface area (Å²) in [5.74, 6) is 0.145. The number of nitrogen functional groups attached to an aromatic ring is 1. The molecule has 148 valence electrons. The second kappa shape index (κ2) is 8.12. The number of anilines is 2. The van der Waals surface area contributed by atoms with Gasteiger partial charge in [-0.3, -0.25) is 4.57 Å². The van der Waals surface area contributed by atoms with E-state index < -0.39 is 5.97 Å². The Morgan fingerprint density at radius 2 is 2.18 bits per heavy atom. The summed E-state index contributed by atoms with van der Waals surface area (Å²) in [7, 11) is 1.33. The van der Waals surface area contributed by atoms with Crippen LogP contribution >= 0.6 is 0 Å². The average Bonchev–Trinajstić information content (AvgIpc) is 3.03. The van der Waals surface area contributed by atoms with Crippen molar-refractivity contribution in [1.82, 2.24) is 19.5 Å². The maximum Gasteiger partial charge on any atom is 0.337 e. The molecule has 0 spiro atoms. The molecule has 28 heavy (non-hydrogen) atoms. The fraction of sp³-hybridized carbons (Fsp3) is 0.368. The molecule has 2 heterocycles. The molecule has 3 rings (SSSR count). The van der Waals surface area contributed by atoms with Crippen molar-refractivity contribution in [2.45, 2.75) is 32.7 Å². The summed E-state index contributed by atoms with van der Waals surface area (Å²) in [6.07, 6.45) is 2.01. The maximum absolute atomic E-state index is 12.6. The largest absolute Gasteiger partial charge is 0.465 e. The first-order valence-electron chi connectivity index (χ1n) is 9.16. The van der Waals surface area contributed by atoms with Crippen molar-refractivity contribution in [2.75, 3.05) is 24.7 Å². The number of methoxy groups -OCH3 is 1. The summed E-state index contributed by atoms with van der Waals surface area (Å²) in [5.41, 5.74) is 7.66. The van der Waals surface area contributed by atoms with E-state index >= 15 is 0 Å². The Bertz CT molecular complexity index is 1060. The second-order valence-electron chi connectivity index (χ2n) is 6.50. The van der Waals surface area contributed by atoms with Gasteiger partial charge in [0.1, 0.15) is 5.52 Å². The minimum absolute atomic E-state index is 0.204. The van der Waals surface area contributed by atoms with Gasteiger partial charge in [-0.25, -0.2) is 9.59 Å². The molecule has 0 aliphatic heterocycles. The number of nitrogens with one attached hydrogen (secondary N) is 2. The third kappa shape index (κ3) is 3.68. The lowest BCUT2D eigenvalue weighted by molar-refractivity contribution is 0.0600. The number of imidazole rings is 1. The first-order chi connectivity index (χ1) is 13.5. The molecule has 1 unspecified atom stereocenters. The summed E-state index contributed by atoms with van der Waals surface area (Å²) in [6.45, 7) is 4.66. The lowest BCUT2D eigenvalue weighted by atomic mass is 10.1. The lowest BCUT2D eigenvalue weighted by Gasteiger charge is -2.15. The Labute approximate surface area is 161 Å². The number of hydrogen-bond donors (Lipinski definition) is 3. The molecular formula is C19H24N6O3. The molecule has 4 N–H and O–H groups in total. The normalized spacial score (nSPS) is 12.1. The Hall–Kier alpha value is -3.36. The third-order valence-corrected chi connectivity index (χ3v) is 4.59. The van der Waals surface area contributed by atoms with E-state index in [1.54, 1.807) is 18.2 Å². The van der Waals surface area contributed by atoms with Gasteiger partial charge in [0, 0.05) is 6.54 Å². The number of hydrogen-bond acceptors (Lipinski definition) is 7. The fourth-order valence-electron chi connectivity index (χ4n) is 3.03. The van der Waals surface area contributed by atoms with Gasteiger partial charge in [0.2, 0.25) is 5.95 Å². The Morgan fingerprint density at radius 1 is 1.39 bits per heavy atom. The number of fused-ring (bicyclic) bond motifs is 1. The van der Waals surface area contributed by atoms with Crippen molar-refractivity contribution in [3.8, 4) is 0 Å². The van der Waals surface area contributed by atoms with Crippen molar-refractivity contribution in [2.24, 2.45) is 0 Å². The number of aromatic nitrogens is 4. The number of nitrogens with two attached hydrogens (primary N) is 1. The summed E-state index contributed by atoms with van der Waals surface area (Å²) in [6, 6.07) is 6.57. The predicted molar refractivity (Wildman–Crippen MR) is 108 cm³/mol. The van der Waals surface area contributed by atoms with Crippen molar-refractivity contribution in [3.63, 3.8) is 0 Å². The van der Waals surface area contributed by atoms with Gasteiger partial charge in [-0.05, 0) is 31.0 Å². The van der Waals surface area contributed by atoms with Crippen LogP contribution in [0.2, 0.25) is 0 Å². The molecule has 0 fully saturated rings. The van der Waals surface area contributed by atoms with Crippen LogP contribution in [-0.2, 0) is 4.74 Å². The van der Waals surface area contributed by atoms with Crippen LogP contribution in [0.5, 0.6) is 0 Å². The molecule has 1 atom stereocenters. The number of ether oxygens (including phenoxy) is 1. The monoisotopic (exact) mass is 384 g/mol. The van der Waals surface area contributed by atoms with Gasteiger partial charge in [-0.1, -0.05) is 25.5 Å². The standard InChI is InChI=1S/C19H24N6O3/c1-4-5-9-21-18-23-15(20)14-16(24-18)25(19(27)22-14)11(2)12-7-6-8-13(10-12)17(26)28-3/h6-8,10-11H,4-5,9H2,1-3H3,(H,22,27)(H3,20,21,23,24). The van der Waals surface area contributed by atoms with Crippen LogP contribution in [0, 0.1) is 0 Å². The van der Waals surface area contributed by atoms with E-state index in [2.05, 4.69) is 27.2 Å². The molecule has 9 heteroatoms. The number of aromatic amines is 1. The number of nitrogens with zero attached hydrogens (tertiary/aromatic N) is 3. The predicted octanol–water partition coefficient (Wildman–Crippen LogP) is 2.31. The van der Waals surface area contributed by atoms with Gasteiger partial charge in [-0.2, -0.15) is 9.97 Å². The Kier molecular flexibility index (Phi) is 5.62. The molecule has 0 aliphatic carbocycles. The minimum atomic E-state index is -0.436. The van der Waals surface area contributed by atoms with Gasteiger partial charge in [0.15, 0.2) is 11.5 Å². The molecule has 0 radical (unpaired) electrons. The highest BCUT2D eigenvalue weighted by atomic mass is 16.5. The average molecular weight is 384 g/mol. The number of unbranched alkanes of at least 4 members (excludes halogenated alkanes) is 1. The van der Waals surface area contributed by atoms with E-state index in [-0.39, 0.29) is 17.5 Å². The molecular weight excluding hydrogens is 360 g/mol. The van der Waals surface area contributed by atoms with Crippen LogP contribution in [0.3, 0.4) is 0 Å². The van der Waals surface area contributed by atoms with E-state index in [0.717, 1.165) is 18.4 Å². The van der Waals surface area contributed by atoms with Crippen LogP contribution in [0.4, 0.5) is 11.8 Å². The van der Waals surface area contributed by atoms with Crippen LogP contribution in [-0.4, -0.2) is 39.1 Å². The van der Waals surface area contributed by atoms with Crippen LogP contribution in [0.15, 0.2) is 29.1 Å². The number of rotatable bonds is 7. The second-order valence-corrected chi connectivity index (χ2v) is 6.50. The molecule has 0 aliphatic rings. The smallest absolute Gasteiger partial charge is 0.337 e. The molecule has 1 aromatic carbocycles. The van der Waals surface area contributed by atoms with Crippen molar-refractivity contribution < 1.29 is 9.53 Å². The van der Waals surface area contributed by atoms with Gasteiger partial charge >= 0.3 is 11.7 Å². The highest BCUT2D eigenvalue weighted by Gasteiger charge is 2.20. The zero-order valence-electron chi connectivity index (χ0n) is 16.2. The van der Waals surface area contributed by atoms with Gasteiger partial charge in [0.05, 0.1) is 18.7 Å². The maximum atomic E-state index is 12.6. The van der Waals surface area contributed by atoms with E-state index in [0.29, 0.717) is 29.2 Å². The molecule has 0 amide bonds. The van der Waals surface area contributed by atoms with E-state index in [4.69, 9.17) is 10.5 Å². The van der Waals surface area contributed by atoms with Crippen molar-refractivity contribution in [3.05, 3.63) is 45.9 Å². The highest BCUT2D eigenvalue weighted by molar-refractivity contribution is 5.89. The summed E-state index contributed by atoms with van der Waals surface area (Å²) < 4.78 is 6.28. The van der Waals surface area contributed by atoms with E-state index in [1.807, 2.05) is 13.0 Å². The topological polar surface area (TPSA) is 128 Å². The van der Waals surface area contributed by atoms with E-state index in [1.165, 1.54) is 11.7 Å². The van der Waals surface area contributed by atoms with E-state index in [9.17, 15) is 9.59 Å². The fourth-order valence-corrected chi connectivity index (χ4v) is 3.03. The molecule has 3 aromatic rings. The molecule has 9 nitrogen and oxygen atoms in total. The lowest BCUT2D eigenvalue weighted by Crippen LogP contribution is -2.22. The molecule has 0 bridgehead atoms. The first kappa shape index (κ1) is 19.4. The number of H-pyrrole nitrogens is 1. The minimum Gasteiger partial charge on any atom is -0.465 e. The molecule has 2 aromatic heterocycles. The van der Waals surface area contributed by atoms with Gasteiger partial charge in [-0.15, -0.1) is 0 Å². The summed E-state index contributed by atoms with van der Waals surface area (Å²) in [5, 5.41) is 3.13. The zero-order valence-corrected chi connectivity index (χ0v) is 16.2. The number of esters is 1. The summed E-state index contributed by atoms with van der Waals surface area (Å²) >= 11 is 0. The van der Waals surface area contributed by atoms with Crippen LogP contribution in [0.25, 0.3) is 11.2 Å². The third-order valence-electron chi connectivity index (χ3n) is 4.59. The number of carbonyl (C=O) groups excluding carboxylic acids is 1. The molecule has 0 saturated heterocycles. The highest BCUT2D eigenvalue weighted by Crippen LogP contribution is 2.24. The zero-order chi connectivity index (χ0) is 20.3. The van der Waals surface area contributed by atoms with Crippen LogP contribution in [0.1, 0.15) is 48.7 Å².